The number of aryl methyl sites for hydroxylation is 1. The van der Waals surface area contributed by atoms with Crippen molar-refractivity contribution in [3.8, 4) is 11.6 Å². The lowest BCUT2D eigenvalue weighted by Gasteiger charge is -2.39. The van der Waals surface area contributed by atoms with Gasteiger partial charge in [-0.05, 0) is 41.0 Å². The van der Waals surface area contributed by atoms with Gasteiger partial charge in [-0.2, -0.15) is 0 Å². The molecule has 0 atom stereocenters. The zero-order valence-electron chi connectivity index (χ0n) is 20.0. The third kappa shape index (κ3) is 4.41. The van der Waals surface area contributed by atoms with E-state index in [1.54, 1.807) is 6.26 Å². The largest absolute Gasteiger partial charge is 0.461 e. The Bertz CT molecular complexity index is 1350. The third-order valence-electron chi connectivity index (χ3n) is 7.10. The van der Waals surface area contributed by atoms with E-state index in [4.69, 9.17) is 9.40 Å². The summed E-state index contributed by atoms with van der Waals surface area (Å²) in [4.78, 5) is 10.0. The molecule has 2 aromatic heterocycles. The lowest BCUT2D eigenvalue weighted by Crippen LogP contribution is -2.47. The molecule has 1 aliphatic rings. The fourth-order valence-corrected chi connectivity index (χ4v) is 5.29. The summed E-state index contributed by atoms with van der Waals surface area (Å²) in [6.45, 7) is 5.13. The Morgan fingerprint density at radius 3 is 2.11 bits per heavy atom. The number of furan rings is 1. The average molecular weight is 463 g/mol. The summed E-state index contributed by atoms with van der Waals surface area (Å²) in [5, 5.41) is 0. The predicted molar refractivity (Wildman–Crippen MR) is 140 cm³/mol. The van der Waals surface area contributed by atoms with E-state index in [2.05, 4.69) is 93.2 Å². The highest BCUT2D eigenvalue weighted by molar-refractivity contribution is 5.80. The molecule has 0 aliphatic carbocycles. The summed E-state index contributed by atoms with van der Waals surface area (Å²) >= 11 is 0. The molecule has 0 N–H and O–H groups in total. The first kappa shape index (κ1) is 21.8. The van der Waals surface area contributed by atoms with Gasteiger partial charge in [0, 0.05) is 39.8 Å². The van der Waals surface area contributed by atoms with Crippen LogP contribution in [-0.2, 0) is 13.6 Å². The minimum atomic E-state index is 0.296. The van der Waals surface area contributed by atoms with E-state index in [1.807, 2.05) is 19.2 Å². The van der Waals surface area contributed by atoms with Crippen molar-refractivity contribution in [2.24, 2.45) is 7.05 Å². The van der Waals surface area contributed by atoms with Crippen molar-refractivity contribution in [3.05, 3.63) is 114 Å². The van der Waals surface area contributed by atoms with Crippen LogP contribution >= 0.6 is 0 Å². The molecular weight excluding hydrogens is 432 g/mol. The maximum absolute atomic E-state index is 5.58. The number of fused-ring (bicyclic) bond motifs is 1. The molecule has 1 fully saturated rings. The second kappa shape index (κ2) is 9.53. The minimum Gasteiger partial charge on any atom is -0.461 e. The number of benzene rings is 3. The Balaban J connectivity index is 1.17. The van der Waals surface area contributed by atoms with E-state index in [9.17, 15) is 0 Å². The number of nitrogens with zero attached hydrogens (tertiary/aromatic N) is 4. The average Bonchev–Trinajstić information content (AvgIpc) is 3.55. The Morgan fingerprint density at radius 2 is 1.49 bits per heavy atom. The second-order valence-electron chi connectivity index (χ2n) is 9.33. The predicted octanol–water partition coefficient (Wildman–Crippen LogP) is 5.74. The second-order valence-corrected chi connectivity index (χ2v) is 9.33. The van der Waals surface area contributed by atoms with Crippen LogP contribution in [-0.4, -0.2) is 45.5 Å². The van der Waals surface area contributed by atoms with E-state index in [0.717, 1.165) is 55.3 Å². The zero-order chi connectivity index (χ0) is 23.6. The lowest BCUT2D eigenvalue weighted by molar-refractivity contribution is 0.105. The lowest BCUT2D eigenvalue weighted by atomic mass is 9.96. The first-order chi connectivity index (χ1) is 17.3. The first-order valence-electron chi connectivity index (χ1n) is 12.3. The van der Waals surface area contributed by atoms with Gasteiger partial charge in [-0.25, -0.2) is 4.98 Å². The molecular formula is C30H30N4O. The van der Waals surface area contributed by atoms with Gasteiger partial charge in [0.2, 0.25) is 0 Å². The molecule has 3 heterocycles. The van der Waals surface area contributed by atoms with E-state index < -0.39 is 0 Å². The van der Waals surface area contributed by atoms with Crippen LogP contribution in [0.3, 0.4) is 0 Å². The van der Waals surface area contributed by atoms with Crippen molar-refractivity contribution in [2.45, 2.75) is 12.6 Å². The van der Waals surface area contributed by atoms with Crippen LogP contribution in [0, 0.1) is 0 Å². The fraction of sp³-hybridized carbons (Fsp3) is 0.233. The zero-order valence-corrected chi connectivity index (χ0v) is 20.0. The highest BCUT2D eigenvalue weighted by Gasteiger charge is 2.26. The van der Waals surface area contributed by atoms with Gasteiger partial charge >= 0.3 is 0 Å². The molecule has 0 bridgehead atoms. The Labute approximate surface area is 206 Å². The molecule has 5 heteroatoms. The molecule has 0 saturated carbocycles. The molecule has 0 unspecified atom stereocenters. The topological polar surface area (TPSA) is 37.4 Å². The van der Waals surface area contributed by atoms with Gasteiger partial charge in [-0.15, -0.1) is 0 Å². The highest BCUT2D eigenvalue weighted by atomic mass is 16.3. The van der Waals surface area contributed by atoms with Crippen molar-refractivity contribution < 1.29 is 4.42 Å². The number of hydrogen-bond acceptors (Lipinski definition) is 4. The molecule has 176 valence electrons. The van der Waals surface area contributed by atoms with E-state index in [-0.39, 0.29) is 0 Å². The minimum absolute atomic E-state index is 0.296. The maximum Gasteiger partial charge on any atom is 0.176 e. The van der Waals surface area contributed by atoms with E-state index in [1.165, 1.54) is 16.7 Å². The van der Waals surface area contributed by atoms with Crippen LogP contribution in [0.1, 0.15) is 22.7 Å². The van der Waals surface area contributed by atoms with Crippen molar-refractivity contribution in [3.63, 3.8) is 0 Å². The molecule has 6 rings (SSSR count). The van der Waals surface area contributed by atoms with Gasteiger partial charge in [0.05, 0.1) is 23.3 Å². The van der Waals surface area contributed by atoms with Crippen LogP contribution in [0.4, 0.5) is 0 Å². The van der Waals surface area contributed by atoms with Gasteiger partial charge < -0.3 is 8.98 Å². The summed E-state index contributed by atoms with van der Waals surface area (Å²) in [5.41, 5.74) is 6.17. The van der Waals surface area contributed by atoms with Crippen LogP contribution < -0.4 is 0 Å². The van der Waals surface area contributed by atoms with Crippen molar-refractivity contribution >= 4 is 11.0 Å². The van der Waals surface area contributed by atoms with Gasteiger partial charge in [0.1, 0.15) is 0 Å². The number of rotatable bonds is 6. The number of aromatic nitrogens is 2. The monoisotopic (exact) mass is 462 g/mol. The molecule has 35 heavy (non-hydrogen) atoms. The molecule has 5 nitrogen and oxygen atoms in total. The van der Waals surface area contributed by atoms with Crippen LogP contribution in [0.25, 0.3) is 22.6 Å². The van der Waals surface area contributed by atoms with E-state index >= 15 is 0 Å². The Morgan fingerprint density at radius 1 is 0.800 bits per heavy atom. The standard InChI is InChI=1S/C30H30N4O/c1-32-27-15-14-23(21-26(27)31-30(32)28-13-8-20-35-28)22-33-16-18-34(19-17-33)29(24-9-4-2-5-10-24)25-11-6-3-7-12-25/h2-15,20-21,29H,16-19,22H2,1H3. The molecule has 5 aromatic rings. The normalized spacial score (nSPS) is 15.3. The van der Waals surface area contributed by atoms with Crippen LogP contribution in [0.15, 0.2) is 102 Å². The van der Waals surface area contributed by atoms with Crippen molar-refractivity contribution in [1.82, 2.24) is 19.4 Å². The number of imidazole rings is 1. The highest BCUT2D eigenvalue weighted by Crippen LogP contribution is 2.30. The summed E-state index contributed by atoms with van der Waals surface area (Å²) in [5.74, 6) is 1.66. The van der Waals surface area contributed by atoms with Gasteiger partial charge in [0.25, 0.3) is 0 Å². The van der Waals surface area contributed by atoms with Gasteiger partial charge in [-0.3, -0.25) is 9.80 Å². The third-order valence-corrected chi connectivity index (χ3v) is 7.10. The number of hydrogen-bond donors (Lipinski definition) is 0. The SMILES string of the molecule is Cn1c(-c2ccco2)nc2cc(CN3CCN(C(c4ccccc4)c4ccccc4)CC3)ccc21. The summed E-state index contributed by atoms with van der Waals surface area (Å²) in [6, 6.07) is 32.6. The summed E-state index contributed by atoms with van der Waals surface area (Å²) in [7, 11) is 2.04. The first-order valence-corrected chi connectivity index (χ1v) is 12.3. The molecule has 1 aliphatic heterocycles. The molecule has 0 radical (unpaired) electrons. The smallest absolute Gasteiger partial charge is 0.176 e. The fourth-order valence-electron chi connectivity index (χ4n) is 5.29. The number of piperazine rings is 1. The Kier molecular flexibility index (Phi) is 5.94. The maximum atomic E-state index is 5.58. The molecule has 0 amide bonds. The van der Waals surface area contributed by atoms with Crippen molar-refractivity contribution in [2.75, 3.05) is 26.2 Å². The Hall–Kier alpha value is -3.67. The molecule has 1 saturated heterocycles. The van der Waals surface area contributed by atoms with Crippen molar-refractivity contribution in [1.29, 1.82) is 0 Å². The summed E-state index contributed by atoms with van der Waals surface area (Å²) < 4.78 is 7.68. The van der Waals surface area contributed by atoms with Crippen LogP contribution in [0.5, 0.6) is 0 Å². The molecule has 0 spiro atoms. The summed E-state index contributed by atoms with van der Waals surface area (Å²) in [6.07, 6.45) is 1.69. The van der Waals surface area contributed by atoms with E-state index in [0.29, 0.717) is 6.04 Å². The van der Waals surface area contributed by atoms with Gasteiger partial charge in [0.15, 0.2) is 11.6 Å². The van der Waals surface area contributed by atoms with Crippen LogP contribution in [0.2, 0.25) is 0 Å². The van der Waals surface area contributed by atoms with Gasteiger partial charge in [-0.1, -0.05) is 66.7 Å². The molecule has 3 aromatic carbocycles. The quantitative estimate of drug-likeness (QED) is 0.322.